The summed E-state index contributed by atoms with van der Waals surface area (Å²) in [7, 11) is 0. The van der Waals surface area contributed by atoms with Crippen LogP contribution in [-0.2, 0) is 4.79 Å². The Morgan fingerprint density at radius 2 is 2.40 bits per heavy atom. The van der Waals surface area contributed by atoms with E-state index in [2.05, 4.69) is 19.6 Å². The number of rotatable bonds is 2. The molecule has 1 fully saturated rings. The molecule has 2 heteroatoms. The van der Waals surface area contributed by atoms with Crippen LogP contribution in [0.25, 0.3) is 0 Å². The SMILES string of the molecule is CCCC1(S)CCCC1=O. The molecule has 10 heavy (non-hydrogen) atoms. The summed E-state index contributed by atoms with van der Waals surface area (Å²) in [6.45, 7) is 2.10. The van der Waals surface area contributed by atoms with Gasteiger partial charge < -0.3 is 0 Å². The molecule has 0 saturated heterocycles. The molecule has 0 N–H and O–H groups in total. The van der Waals surface area contributed by atoms with E-state index >= 15 is 0 Å². The van der Waals surface area contributed by atoms with Gasteiger partial charge in [0.1, 0.15) is 5.78 Å². The predicted molar refractivity (Wildman–Crippen MR) is 45.5 cm³/mol. The Morgan fingerprint density at radius 3 is 2.80 bits per heavy atom. The van der Waals surface area contributed by atoms with Gasteiger partial charge in [-0.05, 0) is 19.3 Å². The van der Waals surface area contributed by atoms with Crippen molar-refractivity contribution in [2.45, 2.75) is 43.8 Å². The van der Waals surface area contributed by atoms with Crippen molar-refractivity contribution in [3.8, 4) is 0 Å². The molecule has 1 atom stereocenters. The maximum absolute atomic E-state index is 11.2. The zero-order valence-electron chi connectivity index (χ0n) is 6.39. The van der Waals surface area contributed by atoms with Gasteiger partial charge >= 0.3 is 0 Å². The van der Waals surface area contributed by atoms with Crippen molar-refractivity contribution in [2.75, 3.05) is 0 Å². The molecule has 0 spiro atoms. The summed E-state index contributed by atoms with van der Waals surface area (Å²) in [5.41, 5.74) is 0. The van der Waals surface area contributed by atoms with Crippen molar-refractivity contribution in [1.82, 2.24) is 0 Å². The van der Waals surface area contributed by atoms with E-state index in [1.54, 1.807) is 0 Å². The van der Waals surface area contributed by atoms with Crippen LogP contribution in [0.3, 0.4) is 0 Å². The summed E-state index contributed by atoms with van der Waals surface area (Å²) in [5, 5.41) is 0. The van der Waals surface area contributed by atoms with Crippen LogP contribution < -0.4 is 0 Å². The molecule has 0 aromatic carbocycles. The average Bonchev–Trinajstić information content (AvgIpc) is 2.15. The molecule has 1 rings (SSSR count). The fraction of sp³-hybridized carbons (Fsp3) is 0.875. The van der Waals surface area contributed by atoms with Crippen LogP contribution in [-0.4, -0.2) is 10.5 Å². The minimum absolute atomic E-state index is 0.241. The maximum Gasteiger partial charge on any atom is 0.148 e. The van der Waals surface area contributed by atoms with E-state index < -0.39 is 0 Å². The number of carbonyl (C=O) groups excluding carboxylic acids is 1. The third-order valence-electron chi connectivity index (χ3n) is 2.18. The maximum atomic E-state index is 11.2. The average molecular weight is 158 g/mol. The van der Waals surface area contributed by atoms with Crippen LogP contribution in [0, 0.1) is 0 Å². The summed E-state index contributed by atoms with van der Waals surface area (Å²) >= 11 is 4.41. The van der Waals surface area contributed by atoms with Crippen LogP contribution in [0.4, 0.5) is 0 Å². The number of ketones is 1. The molecule has 1 aliphatic carbocycles. The van der Waals surface area contributed by atoms with Crippen molar-refractivity contribution in [1.29, 1.82) is 0 Å². The Labute approximate surface area is 67.6 Å². The first-order valence-corrected chi connectivity index (χ1v) is 4.39. The van der Waals surface area contributed by atoms with E-state index in [1.807, 2.05) is 0 Å². The molecular formula is C8H14OS. The fourth-order valence-corrected chi connectivity index (χ4v) is 2.09. The zero-order valence-corrected chi connectivity index (χ0v) is 7.29. The van der Waals surface area contributed by atoms with E-state index in [4.69, 9.17) is 0 Å². The summed E-state index contributed by atoms with van der Waals surface area (Å²) in [6.07, 6.45) is 4.80. The standard InChI is InChI=1S/C8H14OS/c1-2-5-8(10)6-3-4-7(8)9/h10H,2-6H2,1H3. The zero-order chi connectivity index (χ0) is 7.61. The molecule has 1 aliphatic rings. The minimum atomic E-state index is -0.241. The highest BCUT2D eigenvalue weighted by Crippen LogP contribution is 2.35. The van der Waals surface area contributed by atoms with Crippen molar-refractivity contribution in [2.24, 2.45) is 0 Å². The molecule has 1 unspecified atom stereocenters. The Bertz CT molecular complexity index is 144. The lowest BCUT2D eigenvalue weighted by atomic mass is 10.0. The van der Waals surface area contributed by atoms with Crippen LogP contribution in [0.1, 0.15) is 39.0 Å². The smallest absolute Gasteiger partial charge is 0.148 e. The third-order valence-corrected chi connectivity index (χ3v) is 2.87. The van der Waals surface area contributed by atoms with E-state index in [9.17, 15) is 4.79 Å². The Morgan fingerprint density at radius 1 is 1.70 bits per heavy atom. The summed E-state index contributed by atoms with van der Waals surface area (Å²) in [4.78, 5) is 11.2. The third kappa shape index (κ3) is 1.36. The van der Waals surface area contributed by atoms with Crippen LogP contribution in [0.2, 0.25) is 0 Å². The molecule has 0 amide bonds. The highest BCUT2D eigenvalue weighted by Gasteiger charge is 2.37. The van der Waals surface area contributed by atoms with Gasteiger partial charge in [-0.1, -0.05) is 13.3 Å². The van der Waals surface area contributed by atoms with Gasteiger partial charge in [-0.2, -0.15) is 12.6 Å². The van der Waals surface area contributed by atoms with E-state index in [0.717, 1.165) is 32.1 Å². The lowest BCUT2D eigenvalue weighted by molar-refractivity contribution is -0.119. The number of hydrogen-bond acceptors (Lipinski definition) is 2. The Hall–Kier alpha value is 0.0200. The van der Waals surface area contributed by atoms with Gasteiger partial charge in [0.25, 0.3) is 0 Å². The van der Waals surface area contributed by atoms with Gasteiger partial charge in [0, 0.05) is 6.42 Å². The normalized spacial score (nSPS) is 33.2. The lowest BCUT2D eigenvalue weighted by Crippen LogP contribution is -2.25. The molecule has 58 valence electrons. The molecule has 0 aromatic heterocycles. The predicted octanol–water partition coefficient (Wildman–Crippen LogP) is 2.21. The van der Waals surface area contributed by atoms with Crippen LogP contribution >= 0.6 is 12.6 Å². The van der Waals surface area contributed by atoms with Gasteiger partial charge in [-0.15, -0.1) is 0 Å². The molecule has 0 radical (unpaired) electrons. The highest BCUT2D eigenvalue weighted by atomic mass is 32.1. The second-order valence-electron chi connectivity index (χ2n) is 3.06. The van der Waals surface area contributed by atoms with Crippen LogP contribution in [0.15, 0.2) is 0 Å². The summed E-state index contributed by atoms with van der Waals surface area (Å²) in [5.74, 6) is 0.359. The highest BCUT2D eigenvalue weighted by molar-refractivity contribution is 7.82. The fourth-order valence-electron chi connectivity index (χ4n) is 1.59. The minimum Gasteiger partial charge on any atom is -0.298 e. The topological polar surface area (TPSA) is 17.1 Å². The van der Waals surface area contributed by atoms with Gasteiger partial charge in [-0.25, -0.2) is 0 Å². The number of Topliss-reactive ketones (excluding diaryl/α,β-unsaturated/α-hetero) is 1. The molecule has 1 nitrogen and oxygen atoms in total. The van der Waals surface area contributed by atoms with E-state index in [-0.39, 0.29) is 4.75 Å². The first-order valence-electron chi connectivity index (χ1n) is 3.95. The first kappa shape index (κ1) is 8.12. The summed E-state index contributed by atoms with van der Waals surface area (Å²) < 4.78 is -0.241. The molecule has 0 aliphatic heterocycles. The molecule has 1 saturated carbocycles. The van der Waals surface area contributed by atoms with Gasteiger partial charge in [0.15, 0.2) is 0 Å². The van der Waals surface area contributed by atoms with Gasteiger partial charge in [0.05, 0.1) is 4.75 Å². The van der Waals surface area contributed by atoms with Crippen molar-refractivity contribution >= 4 is 18.4 Å². The lowest BCUT2D eigenvalue weighted by Gasteiger charge is -2.18. The monoisotopic (exact) mass is 158 g/mol. The van der Waals surface area contributed by atoms with E-state index in [0.29, 0.717) is 5.78 Å². The quantitative estimate of drug-likeness (QED) is 0.610. The Balaban J connectivity index is 2.57. The van der Waals surface area contributed by atoms with Gasteiger partial charge in [0.2, 0.25) is 0 Å². The summed E-state index contributed by atoms with van der Waals surface area (Å²) in [6, 6.07) is 0. The molecule has 0 heterocycles. The molecule has 0 aromatic rings. The van der Waals surface area contributed by atoms with E-state index in [1.165, 1.54) is 0 Å². The van der Waals surface area contributed by atoms with Crippen molar-refractivity contribution < 1.29 is 4.79 Å². The molecule has 0 bridgehead atoms. The van der Waals surface area contributed by atoms with Crippen molar-refractivity contribution in [3.63, 3.8) is 0 Å². The Kier molecular flexibility index (Phi) is 2.40. The second-order valence-corrected chi connectivity index (χ2v) is 3.91. The van der Waals surface area contributed by atoms with Gasteiger partial charge in [-0.3, -0.25) is 4.79 Å². The molecular weight excluding hydrogens is 144 g/mol. The largest absolute Gasteiger partial charge is 0.298 e. The first-order chi connectivity index (χ1) is 4.69. The number of carbonyl (C=O) groups is 1. The van der Waals surface area contributed by atoms with Crippen LogP contribution in [0.5, 0.6) is 0 Å². The number of thiol groups is 1. The van der Waals surface area contributed by atoms with Crippen molar-refractivity contribution in [3.05, 3.63) is 0 Å². The number of hydrogen-bond donors (Lipinski definition) is 1. The second kappa shape index (κ2) is 2.95.